The normalized spacial score (nSPS) is 11.3. The predicted molar refractivity (Wildman–Crippen MR) is 69.3 cm³/mol. The van der Waals surface area contributed by atoms with E-state index in [1.165, 1.54) is 25.1 Å². The average Bonchev–Trinajstić information content (AvgIpc) is 2.17. The van der Waals surface area contributed by atoms with E-state index in [4.69, 9.17) is 23.2 Å². The summed E-state index contributed by atoms with van der Waals surface area (Å²) < 4.78 is 24.1. The Morgan fingerprint density at radius 1 is 1.29 bits per heavy atom. The Morgan fingerprint density at radius 3 is 2.29 bits per heavy atom. The van der Waals surface area contributed by atoms with Crippen molar-refractivity contribution in [3.63, 3.8) is 0 Å². The van der Waals surface area contributed by atoms with Gasteiger partial charge in [-0.3, -0.25) is 9.10 Å². The van der Waals surface area contributed by atoms with Crippen molar-refractivity contribution in [2.45, 2.75) is 6.92 Å². The number of carbonyl (C=O) groups excluding carboxylic acids is 1. The maximum Gasteiger partial charge on any atom is 0.232 e. The quantitative estimate of drug-likeness (QED) is 0.857. The van der Waals surface area contributed by atoms with Crippen LogP contribution in [0.2, 0.25) is 10.0 Å². The van der Waals surface area contributed by atoms with Gasteiger partial charge in [-0.05, 0) is 25.1 Å². The number of rotatable bonds is 4. The van der Waals surface area contributed by atoms with Crippen LogP contribution in [0, 0.1) is 0 Å². The van der Waals surface area contributed by atoms with E-state index < -0.39 is 10.0 Å². The van der Waals surface area contributed by atoms with Gasteiger partial charge >= 0.3 is 0 Å². The Balaban J connectivity index is 3.22. The van der Waals surface area contributed by atoms with Gasteiger partial charge in [0.05, 0.1) is 28.5 Å². The minimum atomic E-state index is -3.53. The van der Waals surface area contributed by atoms with E-state index in [0.29, 0.717) is 10.7 Å². The fourth-order valence-corrected chi connectivity index (χ4v) is 2.45. The molecule has 0 aromatic heterocycles. The second kappa shape index (κ2) is 5.25. The number of ketones is 1. The molecule has 0 saturated heterocycles. The van der Waals surface area contributed by atoms with Crippen LogP contribution in [-0.4, -0.2) is 27.0 Å². The van der Waals surface area contributed by atoms with Crippen LogP contribution in [0.3, 0.4) is 0 Å². The third-order valence-corrected chi connectivity index (χ3v) is 3.84. The lowest BCUT2D eigenvalue weighted by Crippen LogP contribution is -2.34. The van der Waals surface area contributed by atoms with E-state index in [9.17, 15) is 13.2 Å². The molecule has 0 fully saturated rings. The van der Waals surface area contributed by atoms with Gasteiger partial charge in [0.15, 0.2) is 0 Å². The molecule has 1 aromatic carbocycles. The van der Waals surface area contributed by atoms with Crippen LogP contribution in [0.1, 0.15) is 6.92 Å². The largest absolute Gasteiger partial charge is 0.298 e. The number of hydrogen-bond donors (Lipinski definition) is 0. The molecule has 0 atom stereocenters. The lowest BCUT2D eigenvalue weighted by atomic mass is 10.3. The Morgan fingerprint density at radius 2 is 1.88 bits per heavy atom. The van der Waals surface area contributed by atoms with Gasteiger partial charge in [-0.15, -0.1) is 0 Å². The minimum Gasteiger partial charge on any atom is -0.298 e. The lowest BCUT2D eigenvalue weighted by Gasteiger charge is -2.21. The molecular formula is C10H11Cl2NO3S. The number of Topliss-reactive ketones (excluding diaryl/α,β-unsaturated/α-hetero) is 1. The van der Waals surface area contributed by atoms with E-state index in [0.717, 1.165) is 10.6 Å². The number of benzene rings is 1. The predicted octanol–water partition coefficient (Wildman–Crippen LogP) is 2.35. The highest BCUT2D eigenvalue weighted by atomic mass is 35.5. The fourth-order valence-electron chi connectivity index (χ4n) is 1.24. The van der Waals surface area contributed by atoms with E-state index >= 15 is 0 Å². The second-order valence-corrected chi connectivity index (χ2v) is 6.29. The van der Waals surface area contributed by atoms with Crippen molar-refractivity contribution in [3.05, 3.63) is 28.2 Å². The van der Waals surface area contributed by atoms with Crippen LogP contribution < -0.4 is 4.31 Å². The van der Waals surface area contributed by atoms with Gasteiger partial charge in [0.1, 0.15) is 5.78 Å². The molecule has 0 bridgehead atoms. The summed E-state index contributed by atoms with van der Waals surface area (Å²) in [6.07, 6.45) is 1.03. The Hall–Kier alpha value is -0.780. The maximum absolute atomic E-state index is 11.6. The van der Waals surface area contributed by atoms with Gasteiger partial charge in [-0.2, -0.15) is 0 Å². The third-order valence-electron chi connectivity index (χ3n) is 1.96. The highest BCUT2D eigenvalue weighted by molar-refractivity contribution is 7.92. The summed E-state index contributed by atoms with van der Waals surface area (Å²) in [5.74, 6) is -0.263. The molecule has 1 aromatic rings. The topological polar surface area (TPSA) is 54.5 Å². The molecule has 94 valence electrons. The number of anilines is 1. The first-order chi connectivity index (χ1) is 7.71. The van der Waals surface area contributed by atoms with Crippen molar-refractivity contribution < 1.29 is 13.2 Å². The highest BCUT2D eigenvalue weighted by Crippen LogP contribution is 2.28. The second-order valence-electron chi connectivity index (χ2n) is 3.57. The summed E-state index contributed by atoms with van der Waals surface area (Å²) in [6, 6.07) is 4.39. The number of halogens is 2. The smallest absolute Gasteiger partial charge is 0.232 e. The van der Waals surface area contributed by atoms with Gasteiger partial charge in [0.25, 0.3) is 0 Å². The highest BCUT2D eigenvalue weighted by Gasteiger charge is 2.19. The Labute approximate surface area is 110 Å². The molecule has 0 spiro atoms. The van der Waals surface area contributed by atoms with Gasteiger partial charge < -0.3 is 0 Å². The van der Waals surface area contributed by atoms with E-state index in [1.54, 1.807) is 0 Å². The van der Waals surface area contributed by atoms with Crippen LogP contribution in [0.15, 0.2) is 18.2 Å². The summed E-state index contributed by atoms with van der Waals surface area (Å²) in [4.78, 5) is 11.1. The summed E-state index contributed by atoms with van der Waals surface area (Å²) >= 11 is 11.5. The molecule has 0 aliphatic carbocycles. The molecule has 0 saturated carbocycles. The van der Waals surface area contributed by atoms with Gasteiger partial charge in [0, 0.05) is 0 Å². The minimum absolute atomic E-state index is 0.225. The standard InChI is InChI=1S/C10H11Cl2NO3S/c1-7(14)6-13(17(2,15)16)8-3-4-9(11)10(12)5-8/h3-5H,6H2,1-2H3. The van der Waals surface area contributed by atoms with Crippen molar-refractivity contribution in [3.8, 4) is 0 Å². The van der Waals surface area contributed by atoms with E-state index in [1.807, 2.05) is 0 Å². The molecule has 0 heterocycles. The molecule has 0 aliphatic heterocycles. The molecule has 4 nitrogen and oxygen atoms in total. The number of nitrogens with zero attached hydrogens (tertiary/aromatic N) is 1. The zero-order valence-electron chi connectivity index (χ0n) is 9.28. The molecule has 0 N–H and O–H groups in total. The zero-order valence-corrected chi connectivity index (χ0v) is 11.6. The molecule has 0 amide bonds. The SMILES string of the molecule is CC(=O)CN(c1ccc(Cl)c(Cl)c1)S(C)(=O)=O. The zero-order chi connectivity index (χ0) is 13.2. The monoisotopic (exact) mass is 295 g/mol. The number of carbonyl (C=O) groups is 1. The Kier molecular flexibility index (Phi) is 4.41. The van der Waals surface area contributed by atoms with Crippen LogP contribution in [0.5, 0.6) is 0 Å². The van der Waals surface area contributed by atoms with Crippen molar-refractivity contribution in [2.75, 3.05) is 17.1 Å². The fraction of sp³-hybridized carbons (Fsp3) is 0.300. The van der Waals surface area contributed by atoms with Gasteiger partial charge in [-0.1, -0.05) is 23.2 Å². The maximum atomic E-state index is 11.6. The first-order valence-electron chi connectivity index (χ1n) is 4.64. The number of hydrogen-bond acceptors (Lipinski definition) is 3. The van der Waals surface area contributed by atoms with Crippen LogP contribution in [-0.2, 0) is 14.8 Å². The molecule has 7 heteroatoms. The van der Waals surface area contributed by atoms with Crippen LogP contribution in [0.4, 0.5) is 5.69 Å². The summed E-state index contributed by atoms with van der Waals surface area (Å²) in [5, 5.41) is 0.563. The average molecular weight is 296 g/mol. The molecular weight excluding hydrogens is 285 g/mol. The molecule has 17 heavy (non-hydrogen) atoms. The summed E-state index contributed by atoms with van der Waals surface area (Å²) in [5.41, 5.74) is 0.317. The summed E-state index contributed by atoms with van der Waals surface area (Å²) in [6.45, 7) is 1.09. The van der Waals surface area contributed by atoms with Crippen LogP contribution >= 0.6 is 23.2 Å². The lowest BCUT2D eigenvalue weighted by molar-refractivity contribution is -0.115. The molecule has 0 radical (unpaired) electrons. The summed E-state index contributed by atoms with van der Waals surface area (Å²) in [7, 11) is -3.53. The first kappa shape index (κ1) is 14.3. The molecule has 0 unspecified atom stereocenters. The van der Waals surface area contributed by atoms with Crippen molar-refractivity contribution in [2.24, 2.45) is 0 Å². The van der Waals surface area contributed by atoms with E-state index in [-0.39, 0.29) is 17.4 Å². The number of sulfonamides is 1. The van der Waals surface area contributed by atoms with Crippen molar-refractivity contribution in [1.29, 1.82) is 0 Å². The first-order valence-corrected chi connectivity index (χ1v) is 7.24. The van der Waals surface area contributed by atoms with Crippen molar-refractivity contribution in [1.82, 2.24) is 0 Å². The van der Waals surface area contributed by atoms with Crippen molar-refractivity contribution >= 4 is 44.7 Å². The third kappa shape index (κ3) is 3.87. The molecule has 1 rings (SSSR count). The van der Waals surface area contributed by atoms with E-state index in [2.05, 4.69) is 0 Å². The molecule has 0 aliphatic rings. The van der Waals surface area contributed by atoms with Crippen LogP contribution in [0.25, 0.3) is 0 Å². The Bertz CT molecular complexity index is 542. The van der Waals surface area contributed by atoms with Gasteiger partial charge in [-0.25, -0.2) is 8.42 Å². The van der Waals surface area contributed by atoms with Gasteiger partial charge in [0.2, 0.25) is 10.0 Å².